The first-order valence-electron chi connectivity index (χ1n) is 4.76. The maximum absolute atomic E-state index is 13.1. The first kappa shape index (κ1) is 10.00. The van der Waals surface area contributed by atoms with E-state index in [1.54, 1.807) is 17.8 Å². The fourth-order valence-electron chi connectivity index (χ4n) is 1.64. The van der Waals surface area contributed by atoms with E-state index in [-0.39, 0.29) is 5.82 Å². The van der Waals surface area contributed by atoms with Crippen LogP contribution in [0.2, 0.25) is 5.02 Å². The van der Waals surface area contributed by atoms with E-state index in [0.717, 1.165) is 21.2 Å². The number of rotatable bonds is 0. The molecule has 2 aromatic carbocycles. The Morgan fingerprint density at radius 1 is 1.00 bits per heavy atom. The maximum Gasteiger partial charge on any atom is 0.125 e. The zero-order chi connectivity index (χ0) is 11.1. The Balaban J connectivity index is 2.10. The van der Waals surface area contributed by atoms with Gasteiger partial charge in [-0.2, -0.15) is 0 Å². The van der Waals surface area contributed by atoms with E-state index >= 15 is 0 Å². The summed E-state index contributed by atoms with van der Waals surface area (Å²) in [6, 6.07) is 10.4. The smallest absolute Gasteiger partial charge is 0.125 e. The minimum absolute atomic E-state index is 0.239. The molecule has 0 amide bonds. The highest BCUT2D eigenvalue weighted by molar-refractivity contribution is 7.99. The monoisotopic (exact) mass is 251 g/mol. The number of hydrogen-bond acceptors (Lipinski definition) is 2. The fraction of sp³-hybridized carbons (Fsp3) is 0. The van der Waals surface area contributed by atoms with Gasteiger partial charge < -0.3 is 5.32 Å². The molecule has 1 nitrogen and oxygen atoms in total. The van der Waals surface area contributed by atoms with Crippen LogP contribution in [0.4, 0.5) is 15.8 Å². The summed E-state index contributed by atoms with van der Waals surface area (Å²) in [6.07, 6.45) is 0. The summed E-state index contributed by atoms with van der Waals surface area (Å²) in [5, 5.41) is 3.85. The predicted octanol–water partition coefficient (Wildman–Crippen LogP) is 4.69. The van der Waals surface area contributed by atoms with Crippen molar-refractivity contribution in [1.29, 1.82) is 0 Å². The fourth-order valence-corrected chi connectivity index (χ4v) is 2.76. The number of benzene rings is 2. The Hall–Kier alpha value is -1.19. The largest absolute Gasteiger partial charge is 0.354 e. The lowest BCUT2D eigenvalue weighted by molar-refractivity contribution is 0.627. The molecule has 80 valence electrons. The van der Waals surface area contributed by atoms with Crippen LogP contribution in [0.15, 0.2) is 46.2 Å². The molecule has 0 atom stereocenters. The van der Waals surface area contributed by atoms with E-state index in [9.17, 15) is 4.39 Å². The molecule has 2 aromatic rings. The molecule has 1 heterocycles. The van der Waals surface area contributed by atoms with E-state index in [4.69, 9.17) is 11.6 Å². The topological polar surface area (TPSA) is 12.0 Å². The van der Waals surface area contributed by atoms with Gasteiger partial charge in [-0.05, 0) is 36.4 Å². The third-order valence-corrected chi connectivity index (χ3v) is 3.76. The molecule has 0 fully saturated rings. The summed E-state index contributed by atoms with van der Waals surface area (Å²) in [4.78, 5) is 2.12. The number of halogens is 2. The molecule has 0 bridgehead atoms. The van der Waals surface area contributed by atoms with Crippen LogP contribution in [0, 0.1) is 5.82 Å². The Bertz CT molecular complexity index is 521. The normalized spacial score (nSPS) is 12.6. The number of nitrogens with one attached hydrogen (secondary N) is 1. The van der Waals surface area contributed by atoms with Gasteiger partial charge in [0.1, 0.15) is 5.82 Å². The molecule has 0 radical (unpaired) electrons. The molecule has 0 aromatic heterocycles. The van der Waals surface area contributed by atoms with Crippen molar-refractivity contribution in [1.82, 2.24) is 0 Å². The van der Waals surface area contributed by atoms with Crippen LogP contribution < -0.4 is 5.32 Å². The van der Waals surface area contributed by atoms with Gasteiger partial charge in [-0.15, -0.1) is 0 Å². The van der Waals surface area contributed by atoms with Crippen LogP contribution in [-0.4, -0.2) is 0 Å². The molecule has 0 spiro atoms. The van der Waals surface area contributed by atoms with E-state index in [2.05, 4.69) is 5.32 Å². The van der Waals surface area contributed by atoms with Gasteiger partial charge in [0.25, 0.3) is 0 Å². The molecule has 1 aliphatic heterocycles. The summed E-state index contributed by atoms with van der Waals surface area (Å²) < 4.78 is 13.1. The summed E-state index contributed by atoms with van der Waals surface area (Å²) >= 11 is 7.52. The van der Waals surface area contributed by atoms with Crippen molar-refractivity contribution in [2.75, 3.05) is 5.32 Å². The first-order valence-corrected chi connectivity index (χ1v) is 5.96. The third kappa shape index (κ3) is 1.66. The highest BCUT2D eigenvalue weighted by Gasteiger charge is 2.15. The summed E-state index contributed by atoms with van der Waals surface area (Å²) in [5.41, 5.74) is 1.72. The highest BCUT2D eigenvalue weighted by atomic mass is 35.5. The van der Waals surface area contributed by atoms with Crippen molar-refractivity contribution in [2.45, 2.75) is 9.79 Å². The van der Waals surface area contributed by atoms with Crippen LogP contribution in [0.5, 0.6) is 0 Å². The Labute approximate surface area is 102 Å². The summed E-state index contributed by atoms with van der Waals surface area (Å²) in [5.74, 6) is -0.239. The molecule has 3 rings (SSSR count). The van der Waals surface area contributed by atoms with Crippen LogP contribution in [0.3, 0.4) is 0 Å². The van der Waals surface area contributed by atoms with Gasteiger partial charge in [0, 0.05) is 14.8 Å². The zero-order valence-electron chi connectivity index (χ0n) is 8.13. The molecule has 0 saturated heterocycles. The van der Waals surface area contributed by atoms with Gasteiger partial charge in [-0.3, -0.25) is 0 Å². The quantitative estimate of drug-likeness (QED) is 0.622. The Morgan fingerprint density at radius 3 is 2.50 bits per heavy atom. The van der Waals surface area contributed by atoms with Crippen LogP contribution in [0.1, 0.15) is 0 Å². The van der Waals surface area contributed by atoms with Crippen LogP contribution >= 0.6 is 23.4 Å². The van der Waals surface area contributed by atoms with E-state index in [1.165, 1.54) is 12.1 Å². The Kier molecular flexibility index (Phi) is 2.30. The van der Waals surface area contributed by atoms with Crippen molar-refractivity contribution >= 4 is 34.7 Å². The molecule has 0 aliphatic carbocycles. The van der Waals surface area contributed by atoms with E-state index in [0.29, 0.717) is 5.02 Å². The van der Waals surface area contributed by atoms with E-state index in [1.807, 2.05) is 18.2 Å². The molecule has 0 unspecified atom stereocenters. The van der Waals surface area contributed by atoms with Crippen molar-refractivity contribution in [2.24, 2.45) is 0 Å². The molecule has 4 heteroatoms. The zero-order valence-corrected chi connectivity index (χ0v) is 9.70. The standard InChI is InChI=1S/C12H7ClFNS/c13-7-1-3-11-9(5-7)15-10-6-8(14)2-4-12(10)16-11/h1-6,15H. The van der Waals surface area contributed by atoms with Gasteiger partial charge in [0.15, 0.2) is 0 Å². The minimum atomic E-state index is -0.239. The maximum atomic E-state index is 13.1. The SMILES string of the molecule is Fc1ccc2c(c1)Nc1cc(Cl)ccc1S2. The summed E-state index contributed by atoms with van der Waals surface area (Å²) in [7, 11) is 0. The minimum Gasteiger partial charge on any atom is -0.354 e. The first-order chi connectivity index (χ1) is 7.72. The van der Waals surface area contributed by atoms with Gasteiger partial charge >= 0.3 is 0 Å². The highest BCUT2D eigenvalue weighted by Crippen LogP contribution is 2.44. The van der Waals surface area contributed by atoms with Crippen molar-refractivity contribution in [3.05, 3.63) is 47.2 Å². The second kappa shape index (κ2) is 3.68. The van der Waals surface area contributed by atoms with Gasteiger partial charge in [-0.1, -0.05) is 23.4 Å². The Morgan fingerprint density at radius 2 is 1.69 bits per heavy atom. The lowest BCUT2D eigenvalue weighted by Gasteiger charge is -2.20. The van der Waals surface area contributed by atoms with Gasteiger partial charge in [-0.25, -0.2) is 4.39 Å². The van der Waals surface area contributed by atoms with Crippen molar-refractivity contribution in [3.8, 4) is 0 Å². The number of anilines is 2. The average molecular weight is 252 g/mol. The van der Waals surface area contributed by atoms with Crippen molar-refractivity contribution < 1.29 is 4.39 Å². The molecule has 1 aliphatic rings. The predicted molar refractivity (Wildman–Crippen MR) is 65.3 cm³/mol. The van der Waals surface area contributed by atoms with Gasteiger partial charge in [0.05, 0.1) is 11.4 Å². The lowest BCUT2D eigenvalue weighted by atomic mass is 10.2. The second-order valence-corrected chi connectivity index (χ2v) is 5.03. The van der Waals surface area contributed by atoms with Crippen LogP contribution in [-0.2, 0) is 0 Å². The van der Waals surface area contributed by atoms with E-state index < -0.39 is 0 Å². The third-order valence-electron chi connectivity index (χ3n) is 2.37. The number of hydrogen-bond donors (Lipinski definition) is 1. The molecular weight excluding hydrogens is 245 g/mol. The molecule has 1 N–H and O–H groups in total. The molecule has 0 saturated carbocycles. The number of fused-ring (bicyclic) bond motifs is 2. The second-order valence-electron chi connectivity index (χ2n) is 3.51. The lowest BCUT2D eigenvalue weighted by Crippen LogP contribution is -1.99. The molecular formula is C12H7ClFNS. The average Bonchev–Trinajstić information content (AvgIpc) is 2.26. The molecule has 16 heavy (non-hydrogen) atoms. The summed E-state index contributed by atoms with van der Waals surface area (Å²) in [6.45, 7) is 0. The van der Waals surface area contributed by atoms with Gasteiger partial charge in [0.2, 0.25) is 0 Å². The van der Waals surface area contributed by atoms with Crippen LogP contribution in [0.25, 0.3) is 0 Å². The van der Waals surface area contributed by atoms with Crippen molar-refractivity contribution in [3.63, 3.8) is 0 Å².